The Balaban J connectivity index is 1.30. The van der Waals surface area contributed by atoms with Crippen LogP contribution in [0.3, 0.4) is 0 Å². The van der Waals surface area contributed by atoms with Crippen molar-refractivity contribution in [1.82, 2.24) is 9.62 Å². The second-order valence-electron chi connectivity index (χ2n) is 8.61. The molecule has 14 heteroatoms. The first-order chi connectivity index (χ1) is 17.9. The molecule has 2 heterocycles. The zero-order valence-electron chi connectivity index (χ0n) is 19.8. The van der Waals surface area contributed by atoms with E-state index in [2.05, 4.69) is 10.6 Å². The van der Waals surface area contributed by atoms with Gasteiger partial charge in [0, 0.05) is 47.4 Å². The first-order valence-electron chi connectivity index (χ1n) is 11.5. The Morgan fingerprint density at radius 3 is 2.39 bits per heavy atom. The fraction of sp³-hybridized carbons (Fsp3) is 0.292. The van der Waals surface area contributed by atoms with Gasteiger partial charge in [0.25, 0.3) is 21.6 Å². The van der Waals surface area contributed by atoms with E-state index in [4.69, 9.17) is 0 Å². The molecule has 4 rings (SSSR count). The maximum Gasteiger partial charge on any atom is 0.416 e. The minimum absolute atomic E-state index is 0.0564. The van der Waals surface area contributed by atoms with Crippen molar-refractivity contribution < 1.29 is 31.3 Å². The van der Waals surface area contributed by atoms with E-state index in [1.54, 1.807) is 6.07 Å². The summed E-state index contributed by atoms with van der Waals surface area (Å²) in [7, 11) is -3.75. The van der Waals surface area contributed by atoms with Crippen LogP contribution in [-0.4, -0.2) is 42.7 Å². The van der Waals surface area contributed by atoms with Gasteiger partial charge in [-0.2, -0.15) is 17.5 Å². The molecule has 38 heavy (non-hydrogen) atoms. The smallest absolute Gasteiger partial charge is 0.382 e. The summed E-state index contributed by atoms with van der Waals surface area (Å²) in [4.78, 5) is 23.3. The van der Waals surface area contributed by atoms with E-state index in [0.29, 0.717) is 23.4 Å². The molecule has 0 bridgehead atoms. The number of thiophene rings is 1. The summed E-state index contributed by atoms with van der Waals surface area (Å²) in [6, 6.07) is 13.0. The van der Waals surface area contributed by atoms with Crippen molar-refractivity contribution >= 4 is 38.6 Å². The third-order valence-electron chi connectivity index (χ3n) is 6.01. The molecule has 0 saturated carbocycles. The number of non-ortho nitro benzene ring substituents is 1. The summed E-state index contributed by atoms with van der Waals surface area (Å²) < 4.78 is 66.0. The summed E-state index contributed by atoms with van der Waals surface area (Å²) in [6.07, 6.45) is -3.44. The Morgan fingerprint density at radius 2 is 1.76 bits per heavy atom. The zero-order valence-corrected chi connectivity index (χ0v) is 21.4. The van der Waals surface area contributed by atoms with Gasteiger partial charge in [-0.1, -0.05) is 6.07 Å². The van der Waals surface area contributed by atoms with Crippen LogP contribution in [0.15, 0.2) is 64.9 Å². The third-order valence-corrected chi connectivity index (χ3v) is 9.46. The lowest BCUT2D eigenvalue weighted by Gasteiger charge is -2.31. The van der Waals surface area contributed by atoms with Gasteiger partial charge in [0.05, 0.1) is 17.0 Å². The van der Waals surface area contributed by atoms with Crippen LogP contribution in [0.4, 0.5) is 24.5 Å². The summed E-state index contributed by atoms with van der Waals surface area (Å²) in [5.74, 6) is -0.519. The van der Waals surface area contributed by atoms with E-state index < -0.39 is 32.6 Å². The van der Waals surface area contributed by atoms with Gasteiger partial charge in [-0.05, 0) is 55.3 Å². The number of anilines is 1. The number of amides is 1. The van der Waals surface area contributed by atoms with Gasteiger partial charge in [0.2, 0.25) is 0 Å². The van der Waals surface area contributed by atoms with Crippen molar-refractivity contribution in [2.75, 3.05) is 18.4 Å². The number of halogens is 3. The monoisotopic (exact) mass is 568 g/mol. The standard InChI is InChI=1S/C24H23F3N4O5S2/c25-24(26,27)17-4-6-18(7-5-17)29-19-10-12-30(13-11-19)38(35,36)22-9-8-21(37-22)15-28-23(32)16-2-1-3-20(14-16)31(33)34/h1-9,14,19,29H,10-13,15H2,(H,28,32). The lowest BCUT2D eigenvalue weighted by Crippen LogP contribution is -2.42. The Labute approximate surface area is 220 Å². The molecule has 0 radical (unpaired) electrons. The van der Waals surface area contributed by atoms with Crippen LogP contribution in [-0.2, 0) is 22.7 Å². The molecule has 1 amide bonds. The number of benzene rings is 2. The van der Waals surface area contributed by atoms with Gasteiger partial charge < -0.3 is 10.6 Å². The molecule has 0 aliphatic carbocycles. The molecule has 2 aromatic carbocycles. The number of hydrogen-bond donors (Lipinski definition) is 2. The highest BCUT2D eigenvalue weighted by Crippen LogP contribution is 2.31. The average Bonchev–Trinajstić information content (AvgIpc) is 3.37. The van der Waals surface area contributed by atoms with Crippen molar-refractivity contribution in [2.45, 2.75) is 35.8 Å². The normalized spacial score (nSPS) is 15.2. The van der Waals surface area contributed by atoms with Crippen molar-refractivity contribution in [2.24, 2.45) is 0 Å². The number of nitro groups is 1. The molecule has 0 spiro atoms. The molecule has 1 aliphatic heterocycles. The summed E-state index contributed by atoms with van der Waals surface area (Å²) in [5.41, 5.74) is -0.283. The molecule has 3 aromatic rings. The van der Waals surface area contributed by atoms with Crippen molar-refractivity contribution in [3.8, 4) is 0 Å². The number of rotatable bonds is 8. The van der Waals surface area contributed by atoms with Crippen molar-refractivity contribution in [3.63, 3.8) is 0 Å². The zero-order chi connectivity index (χ0) is 27.5. The molecule has 1 saturated heterocycles. The molecule has 1 aromatic heterocycles. The number of sulfonamides is 1. The SMILES string of the molecule is O=C(NCc1ccc(S(=O)(=O)N2CCC(Nc3ccc(C(F)(F)F)cc3)CC2)s1)c1cccc([N+](=O)[O-])c1. The molecule has 202 valence electrons. The highest BCUT2D eigenvalue weighted by atomic mass is 32.2. The number of carbonyl (C=O) groups is 1. The van der Waals surface area contributed by atoms with E-state index in [1.807, 2.05) is 0 Å². The molecule has 0 atom stereocenters. The Kier molecular flexibility index (Phi) is 8.04. The minimum atomic E-state index is -4.41. The first kappa shape index (κ1) is 27.5. The van der Waals surface area contributed by atoms with E-state index in [9.17, 15) is 36.5 Å². The number of nitro benzene ring substituents is 1. The van der Waals surface area contributed by atoms with Crippen LogP contribution in [0.25, 0.3) is 0 Å². The molecule has 2 N–H and O–H groups in total. The van der Waals surface area contributed by atoms with Gasteiger partial charge in [-0.25, -0.2) is 8.42 Å². The number of hydrogen-bond acceptors (Lipinski definition) is 7. The largest absolute Gasteiger partial charge is 0.416 e. The fourth-order valence-electron chi connectivity index (χ4n) is 3.98. The average molecular weight is 569 g/mol. The fourth-order valence-corrected chi connectivity index (χ4v) is 6.90. The second kappa shape index (κ2) is 11.1. The van der Waals surface area contributed by atoms with Crippen LogP contribution >= 0.6 is 11.3 Å². The lowest BCUT2D eigenvalue weighted by molar-refractivity contribution is -0.384. The van der Waals surface area contributed by atoms with Gasteiger partial charge in [0.1, 0.15) is 4.21 Å². The highest BCUT2D eigenvalue weighted by molar-refractivity contribution is 7.91. The number of alkyl halides is 3. The van der Waals surface area contributed by atoms with Crippen LogP contribution in [0.2, 0.25) is 0 Å². The summed E-state index contributed by atoms with van der Waals surface area (Å²) in [6.45, 7) is 0.551. The van der Waals surface area contributed by atoms with E-state index >= 15 is 0 Å². The topological polar surface area (TPSA) is 122 Å². The third kappa shape index (κ3) is 6.49. The number of nitrogens with zero attached hydrogens (tertiary/aromatic N) is 2. The van der Waals surface area contributed by atoms with Gasteiger partial charge in [-0.3, -0.25) is 14.9 Å². The summed E-state index contributed by atoms with van der Waals surface area (Å²) in [5, 5.41) is 16.7. The van der Waals surface area contributed by atoms with E-state index in [1.165, 1.54) is 40.7 Å². The van der Waals surface area contributed by atoms with Crippen LogP contribution < -0.4 is 10.6 Å². The molecule has 0 unspecified atom stereocenters. The predicted molar refractivity (Wildman–Crippen MR) is 135 cm³/mol. The van der Waals surface area contributed by atoms with Gasteiger partial charge in [-0.15, -0.1) is 11.3 Å². The van der Waals surface area contributed by atoms with E-state index in [0.717, 1.165) is 29.5 Å². The van der Waals surface area contributed by atoms with E-state index in [-0.39, 0.29) is 41.1 Å². The van der Waals surface area contributed by atoms with Crippen LogP contribution in [0.5, 0.6) is 0 Å². The minimum Gasteiger partial charge on any atom is -0.382 e. The highest BCUT2D eigenvalue weighted by Gasteiger charge is 2.32. The predicted octanol–water partition coefficient (Wildman–Crippen LogP) is 4.87. The van der Waals surface area contributed by atoms with Gasteiger partial charge >= 0.3 is 6.18 Å². The first-order valence-corrected chi connectivity index (χ1v) is 13.7. The Morgan fingerprint density at radius 1 is 1.08 bits per heavy atom. The molecular weight excluding hydrogens is 545 g/mol. The molecule has 1 aliphatic rings. The van der Waals surface area contributed by atoms with Crippen molar-refractivity contribution in [1.29, 1.82) is 0 Å². The summed E-state index contributed by atoms with van der Waals surface area (Å²) >= 11 is 1.03. The Hall–Kier alpha value is -3.49. The maximum atomic E-state index is 13.1. The number of carbonyl (C=O) groups excluding carboxylic acids is 1. The lowest BCUT2D eigenvalue weighted by atomic mass is 10.1. The Bertz CT molecular complexity index is 1420. The second-order valence-corrected chi connectivity index (χ2v) is 11.9. The number of piperidine rings is 1. The molecule has 9 nitrogen and oxygen atoms in total. The molecular formula is C24H23F3N4O5S2. The van der Waals surface area contributed by atoms with Crippen LogP contribution in [0, 0.1) is 10.1 Å². The van der Waals surface area contributed by atoms with Crippen LogP contribution in [0.1, 0.15) is 33.6 Å². The maximum absolute atomic E-state index is 13.1. The van der Waals surface area contributed by atoms with Crippen molar-refractivity contribution in [3.05, 3.63) is 86.8 Å². The number of nitrogens with one attached hydrogen (secondary N) is 2. The molecule has 1 fully saturated rings. The van der Waals surface area contributed by atoms with Gasteiger partial charge in [0.15, 0.2) is 0 Å². The quantitative estimate of drug-likeness (QED) is 0.295.